The predicted octanol–water partition coefficient (Wildman–Crippen LogP) is 2.48. The van der Waals surface area contributed by atoms with Crippen LogP contribution in [0, 0.1) is 19.7 Å². The molecule has 34 heavy (non-hydrogen) atoms. The number of ether oxygens (including phenoxy) is 1. The van der Waals surface area contributed by atoms with Crippen LogP contribution in [0.1, 0.15) is 38.6 Å². The van der Waals surface area contributed by atoms with Gasteiger partial charge in [0, 0.05) is 54.6 Å². The highest BCUT2D eigenvalue weighted by atomic mass is 32.1. The smallest absolute Gasteiger partial charge is 0.263 e. The number of hydrogen-bond donors (Lipinski definition) is 3. The van der Waals surface area contributed by atoms with E-state index in [0.717, 1.165) is 27.2 Å². The number of carbonyl (C=O) groups is 1. The number of nitrogens with one attached hydrogen (secondary N) is 1. The van der Waals surface area contributed by atoms with Gasteiger partial charge in [-0.3, -0.25) is 4.79 Å². The number of aryl methyl sites for hydroxylation is 3. The Morgan fingerprint density at radius 2 is 2.09 bits per heavy atom. The molecule has 0 aromatic carbocycles. The van der Waals surface area contributed by atoms with Crippen LogP contribution >= 0.6 is 11.3 Å². The maximum atomic E-state index is 15.1. The summed E-state index contributed by atoms with van der Waals surface area (Å²) in [5, 5.41) is 3.88. The standard InChI is InChI=1S/C24H29FN6O2S/c1-11-6-12(2)28-24-20(11)21(27)22(34-24)23(32)29-13-4-5-17-14(7-13)15(25)8-19(30-17)31-9-16(26)18(10-31)33-3/h6,8,13,16,18H,4-5,7,9-10,26-27H2,1-3H3,(H,29,32). The SMILES string of the molecule is COC1CN(c2cc(F)c3c(n2)CCC(NC(=O)c2sc4nc(C)cc(C)c4c2N)C3)CC1N. The van der Waals surface area contributed by atoms with E-state index in [4.69, 9.17) is 21.2 Å². The molecular weight excluding hydrogens is 455 g/mol. The van der Waals surface area contributed by atoms with Gasteiger partial charge >= 0.3 is 0 Å². The first-order valence-corrected chi connectivity index (χ1v) is 12.3. The van der Waals surface area contributed by atoms with Gasteiger partial charge in [-0.15, -0.1) is 11.3 Å². The minimum Gasteiger partial charge on any atom is -0.397 e. The second-order valence-electron chi connectivity index (χ2n) is 9.25. The molecule has 3 aromatic rings. The van der Waals surface area contributed by atoms with Gasteiger partial charge in [0.2, 0.25) is 0 Å². The van der Waals surface area contributed by atoms with Crippen molar-refractivity contribution in [3.63, 3.8) is 0 Å². The van der Waals surface area contributed by atoms with Crippen LogP contribution in [0.2, 0.25) is 0 Å². The van der Waals surface area contributed by atoms with Gasteiger partial charge in [-0.25, -0.2) is 14.4 Å². The summed E-state index contributed by atoms with van der Waals surface area (Å²) in [6, 6.07) is 3.10. The van der Waals surface area contributed by atoms with Gasteiger partial charge in [0.1, 0.15) is 21.3 Å². The minimum absolute atomic E-state index is 0.0928. The van der Waals surface area contributed by atoms with Crippen LogP contribution in [0.5, 0.6) is 0 Å². The Bertz CT molecular complexity index is 1280. The average Bonchev–Trinajstić information content (AvgIpc) is 3.33. The molecule has 3 atom stereocenters. The highest BCUT2D eigenvalue weighted by Crippen LogP contribution is 2.35. The van der Waals surface area contributed by atoms with Crippen LogP contribution in [-0.4, -0.2) is 54.3 Å². The van der Waals surface area contributed by atoms with Crippen molar-refractivity contribution >= 4 is 39.0 Å². The molecule has 4 heterocycles. The first kappa shape index (κ1) is 22.9. The third-order valence-electron chi connectivity index (χ3n) is 6.82. The number of aromatic nitrogens is 2. The fourth-order valence-electron chi connectivity index (χ4n) is 5.07. The Labute approximate surface area is 201 Å². The lowest BCUT2D eigenvalue weighted by Crippen LogP contribution is -2.39. The van der Waals surface area contributed by atoms with Crippen molar-refractivity contribution in [1.29, 1.82) is 0 Å². The molecule has 0 saturated carbocycles. The van der Waals surface area contributed by atoms with E-state index < -0.39 is 0 Å². The first-order valence-electron chi connectivity index (χ1n) is 11.4. The molecular formula is C24H29FN6O2S. The summed E-state index contributed by atoms with van der Waals surface area (Å²) in [6.07, 6.45) is 1.56. The van der Waals surface area contributed by atoms with E-state index in [1.165, 1.54) is 17.4 Å². The van der Waals surface area contributed by atoms with Gasteiger partial charge in [0.15, 0.2) is 0 Å². The largest absolute Gasteiger partial charge is 0.397 e. The summed E-state index contributed by atoms with van der Waals surface area (Å²) in [4.78, 5) is 25.5. The summed E-state index contributed by atoms with van der Waals surface area (Å²) in [5.74, 6) is 0.0441. The van der Waals surface area contributed by atoms with Gasteiger partial charge in [-0.2, -0.15) is 0 Å². The van der Waals surface area contributed by atoms with Gasteiger partial charge in [-0.1, -0.05) is 0 Å². The number of anilines is 2. The highest BCUT2D eigenvalue weighted by molar-refractivity contribution is 7.21. The molecule has 0 spiro atoms. The predicted molar refractivity (Wildman–Crippen MR) is 132 cm³/mol. The Morgan fingerprint density at radius 3 is 2.82 bits per heavy atom. The van der Waals surface area contributed by atoms with Crippen LogP contribution < -0.4 is 21.7 Å². The lowest BCUT2D eigenvalue weighted by molar-refractivity contribution is 0.0938. The zero-order valence-electron chi connectivity index (χ0n) is 19.5. The topological polar surface area (TPSA) is 119 Å². The summed E-state index contributed by atoms with van der Waals surface area (Å²) < 4.78 is 20.5. The van der Waals surface area contributed by atoms with Crippen LogP contribution in [0.15, 0.2) is 12.1 Å². The molecule has 2 aliphatic rings. The Balaban J connectivity index is 1.33. The molecule has 180 valence electrons. The molecule has 1 aliphatic heterocycles. The van der Waals surface area contributed by atoms with Gasteiger partial charge in [0.05, 0.1) is 17.8 Å². The molecule has 10 heteroatoms. The molecule has 0 bridgehead atoms. The van der Waals surface area contributed by atoms with E-state index in [2.05, 4.69) is 10.3 Å². The van der Waals surface area contributed by atoms with E-state index >= 15 is 4.39 Å². The van der Waals surface area contributed by atoms with E-state index in [-0.39, 0.29) is 29.9 Å². The normalized spacial score (nSPS) is 22.3. The monoisotopic (exact) mass is 484 g/mol. The minimum atomic E-state index is -0.301. The zero-order chi connectivity index (χ0) is 24.1. The van der Waals surface area contributed by atoms with Crippen molar-refractivity contribution in [1.82, 2.24) is 15.3 Å². The zero-order valence-corrected chi connectivity index (χ0v) is 20.3. The van der Waals surface area contributed by atoms with E-state index in [9.17, 15) is 4.79 Å². The van der Waals surface area contributed by atoms with Crippen LogP contribution in [0.4, 0.5) is 15.9 Å². The lowest BCUT2D eigenvalue weighted by atomic mass is 9.91. The van der Waals surface area contributed by atoms with Crippen molar-refractivity contribution in [2.24, 2.45) is 5.73 Å². The van der Waals surface area contributed by atoms with E-state index in [1.54, 1.807) is 7.11 Å². The molecule has 8 nitrogen and oxygen atoms in total. The van der Waals surface area contributed by atoms with Crippen molar-refractivity contribution in [2.45, 2.75) is 51.3 Å². The molecule has 1 aliphatic carbocycles. The van der Waals surface area contributed by atoms with Crippen molar-refractivity contribution in [3.05, 3.63) is 45.3 Å². The number of halogens is 1. The molecule has 1 saturated heterocycles. The number of amides is 1. The van der Waals surface area contributed by atoms with Gasteiger partial charge in [0.25, 0.3) is 5.91 Å². The Morgan fingerprint density at radius 1 is 1.29 bits per heavy atom. The van der Waals surface area contributed by atoms with Crippen LogP contribution in [-0.2, 0) is 17.6 Å². The Hall–Kier alpha value is -2.82. The maximum Gasteiger partial charge on any atom is 0.263 e. The van der Waals surface area contributed by atoms with Crippen LogP contribution in [0.25, 0.3) is 10.2 Å². The number of nitrogens with zero attached hydrogens (tertiary/aromatic N) is 3. The second kappa shape index (κ2) is 8.75. The molecule has 0 radical (unpaired) electrons. The maximum absolute atomic E-state index is 15.1. The number of carbonyl (C=O) groups excluding carboxylic acids is 1. The Kier molecular flexibility index (Phi) is 5.91. The summed E-state index contributed by atoms with van der Waals surface area (Å²) in [7, 11) is 1.63. The highest BCUT2D eigenvalue weighted by Gasteiger charge is 2.33. The molecule has 1 fully saturated rings. The number of rotatable bonds is 4. The summed E-state index contributed by atoms with van der Waals surface area (Å²) in [6.45, 7) is 5.05. The number of fused-ring (bicyclic) bond motifs is 2. The van der Waals surface area contributed by atoms with E-state index in [1.807, 2.05) is 24.8 Å². The third-order valence-corrected chi connectivity index (χ3v) is 7.92. The quantitative estimate of drug-likeness (QED) is 0.520. The number of nitrogens with two attached hydrogens (primary N) is 2. The van der Waals surface area contributed by atoms with Crippen LogP contribution in [0.3, 0.4) is 0 Å². The summed E-state index contributed by atoms with van der Waals surface area (Å²) >= 11 is 1.30. The number of pyridine rings is 2. The molecule has 3 unspecified atom stereocenters. The number of methoxy groups -OCH3 is 1. The molecule has 5 N–H and O–H groups in total. The fourth-order valence-corrected chi connectivity index (χ4v) is 6.19. The molecule has 5 rings (SSSR count). The third kappa shape index (κ3) is 3.99. The molecule has 1 amide bonds. The number of nitrogen functional groups attached to an aromatic ring is 1. The van der Waals surface area contributed by atoms with Gasteiger partial charge < -0.3 is 26.4 Å². The second-order valence-corrected chi connectivity index (χ2v) is 10.2. The van der Waals surface area contributed by atoms with Crippen molar-refractivity contribution in [3.8, 4) is 0 Å². The van der Waals surface area contributed by atoms with E-state index in [0.29, 0.717) is 54.3 Å². The van der Waals surface area contributed by atoms with Gasteiger partial charge in [-0.05, 0) is 44.7 Å². The first-order chi connectivity index (χ1) is 16.2. The lowest BCUT2D eigenvalue weighted by Gasteiger charge is -2.27. The molecule has 3 aromatic heterocycles. The average molecular weight is 485 g/mol. The number of thiophene rings is 1. The van der Waals surface area contributed by atoms with Crippen molar-refractivity contribution in [2.75, 3.05) is 30.8 Å². The fraction of sp³-hybridized carbons (Fsp3) is 0.458. The summed E-state index contributed by atoms with van der Waals surface area (Å²) in [5.41, 5.74) is 16.1. The number of hydrogen-bond acceptors (Lipinski definition) is 8. The van der Waals surface area contributed by atoms with Crippen molar-refractivity contribution < 1.29 is 13.9 Å².